The molecule has 0 saturated heterocycles. The number of hydrogen-bond acceptors (Lipinski definition) is 1. The fourth-order valence-electron chi connectivity index (χ4n) is 2.15. The third-order valence-corrected chi connectivity index (χ3v) is 3.25. The zero-order valence-corrected chi connectivity index (χ0v) is 13.0. The molecule has 0 atom stereocenters. The Morgan fingerprint density at radius 2 is 1.00 bits per heavy atom. The van der Waals surface area contributed by atoms with E-state index < -0.39 is 0 Å². The van der Waals surface area contributed by atoms with Gasteiger partial charge in [0, 0.05) is 11.1 Å². The summed E-state index contributed by atoms with van der Waals surface area (Å²) in [5.41, 5.74) is 4.15. The third kappa shape index (κ3) is 4.71. The number of aryl methyl sites for hydroxylation is 2. The lowest BCUT2D eigenvalue weighted by molar-refractivity contribution is 0.103. The number of rotatable bonds is 2. The van der Waals surface area contributed by atoms with Gasteiger partial charge in [0.15, 0.2) is 5.78 Å². The third-order valence-electron chi connectivity index (χ3n) is 3.25. The van der Waals surface area contributed by atoms with Crippen molar-refractivity contribution in [2.24, 2.45) is 0 Å². The summed E-state index contributed by atoms with van der Waals surface area (Å²) in [7, 11) is 0. The van der Waals surface area contributed by atoms with E-state index >= 15 is 0 Å². The van der Waals surface area contributed by atoms with Crippen LogP contribution in [0.2, 0.25) is 0 Å². The van der Waals surface area contributed by atoms with Crippen molar-refractivity contribution in [1.29, 1.82) is 0 Å². The molecular weight excluding hydrogens is 268 g/mol. The van der Waals surface area contributed by atoms with Crippen molar-refractivity contribution in [2.75, 3.05) is 0 Å². The van der Waals surface area contributed by atoms with Crippen LogP contribution in [0.25, 0.3) is 0 Å². The predicted octanol–water partition coefficient (Wildman–Crippen LogP) is 5.22. The van der Waals surface area contributed by atoms with Crippen LogP contribution in [0.15, 0.2) is 84.9 Å². The number of carbonyl (C=O) groups excluding carboxylic acids is 1. The normalized spacial score (nSPS) is 9.55. The van der Waals surface area contributed by atoms with Crippen molar-refractivity contribution in [3.05, 3.63) is 107 Å². The number of benzene rings is 3. The van der Waals surface area contributed by atoms with Gasteiger partial charge in [-0.25, -0.2) is 0 Å². The summed E-state index contributed by atoms with van der Waals surface area (Å²) >= 11 is 0. The van der Waals surface area contributed by atoms with Crippen LogP contribution in [0.3, 0.4) is 0 Å². The van der Waals surface area contributed by atoms with Gasteiger partial charge in [0.1, 0.15) is 0 Å². The van der Waals surface area contributed by atoms with Crippen LogP contribution in [-0.4, -0.2) is 5.78 Å². The van der Waals surface area contributed by atoms with E-state index in [4.69, 9.17) is 0 Å². The molecule has 0 amide bonds. The largest absolute Gasteiger partial charge is 0.289 e. The van der Waals surface area contributed by atoms with Crippen molar-refractivity contribution in [1.82, 2.24) is 0 Å². The standard InChI is InChI=1S/C13H10O.C8H10/c14-13(11-7-3-1-4-8-11)12-9-5-2-6-10-12;1-7-4-3-5-8(2)6-7/h1-10H;3-6H,1-2H3. The lowest BCUT2D eigenvalue weighted by atomic mass is 10.0. The highest BCUT2D eigenvalue weighted by Crippen LogP contribution is 2.08. The van der Waals surface area contributed by atoms with Gasteiger partial charge in [-0.3, -0.25) is 4.79 Å². The van der Waals surface area contributed by atoms with E-state index in [0.29, 0.717) is 0 Å². The molecule has 0 bridgehead atoms. The minimum absolute atomic E-state index is 0.0752. The predicted molar refractivity (Wildman–Crippen MR) is 92.2 cm³/mol. The van der Waals surface area contributed by atoms with E-state index in [9.17, 15) is 4.79 Å². The zero-order valence-electron chi connectivity index (χ0n) is 13.0. The monoisotopic (exact) mass is 288 g/mol. The van der Waals surface area contributed by atoms with Gasteiger partial charge in [0.2, 0.25) is 0 Å². The molecule has 110 valence electrons. The van der Waals surface area contributed by atoms with E-state index in [1.165, 1.54) is 11.1 Å². The molecule has 0 heterocycles. The number of hydrogen-bond donors (Lipinski definition) is 0. The Morgan fingerprint density at radius 3 is 1.32 bits per heavy atom. The highest BCUT2D eigenvalue weighted by molar-refractivity contribution is 6.08. The molecule has 0 N–H and O–H groups in total. The second-order valence-corrected chi connectivity index (χ2v) is 5.22. The smallest absolute Gasteiger partial charge is 0.193 e. The van der Waals surface area contributed by atoms with Gasteiger partial charge in [-0.1, -0.05) is 96.1 Å². The lowest BCUT2D eigenvalue weighted by Crippen LogP contribution is -1.99. The van der Waals surface area contributed by atoms with Crippen LogP contribution in [0.4, 0.5) is 0 Å². The Morgan fingerprint density at radius 1 is 0.591 bits per heavy atom. The van der Waals surface area contributed by atoms with Gasteiger partial charge < -0.3 is 0 Å². The van der Waals surface area contributed by atoms with Gasteiger partial charge >= 0.3 is 0 Å². The molecular formula is C21H20O. The minimum Gasteiger partial charge on any atom is -0.289 e. The van der Waals surface area contributed by atoms with Gasteiger partial charge in [0.25, 0.3) is 0 Å². The van der Waals surface area contributed by atoms with Crippen molar-refractivity contribution in [3.8, 4) is 0 Å². The molecule has 0 aliphatic heterocycles. The first-order valence-corrected chi connectivity index (χ1v) is 7.35. The Balaban J connectivity index is 0.000000188. The molecule has 0 aromatic heterocycles. The Bertz CT molecular complexity index is 656. The average molecular weight is 288 g/mol. The summed E-state index contributed by atoms with van der Waals surface area (Å²) < 4.78 is 0. The molecule has 0 saturated carbocycles. The van der Waals surface area contributed by atoms with Crippen LogP contribution < -0.4 is 0 Å². The highest BCUT2D eigenvalue weighted by atomic mass is 16.1. The Hall–Kier alpha value is -2.67. The van der Waals surface area contributed by atoms with Crippen LogP contribution in [0.1, 0.15) is 27.0 Å². The quantitative estimate of drug-likeness (QED) is 0.591. The minimum atomic E-state index is 0.0752. The zero-order chi connectivity index (χ0) is 15.8. The summed E-state index contributed by atoms with van der Waals surface area (Å²) in [6, 6.07) is 27.1. The van der Waals surface area contributed by atoms with Crippen molar-refractivity contribution in [3.63, 3.8) is 0 Å². The molecule has 3 rings (SSSR count). The molecule has 0 aliphatic rings. The first kappa shape index (κ1) is 15.7. The summed E-state index contributed by atoms with van der Waals surface area (Å²) in [6.07, 6.45) is 0. The summed E-state index contributed by atoms with van der Waals surface area (Å²) in [5, 5.41) is 0. The second kappa shape index (κ2) is 7.94. The first-order chi connectivity index (χ1) is 10.7. The molecule has 1 heteroatoms. The van der Waals surface area contributed by atoms with Crippen LogP contribution in [-0.2, 0) is 0 Å². The van der Waals surface area contributed by atoms with Crippen molar-refractivity contribution < 1.29 is 4.79 Å². The van der Waals surface area contributed by atoms with Crippen LogP contribution >= 0.6 is 0 Å². The molecule has 0 spiro atoms. The summed E-state index contributed by atoms with van der Waals surface area (Å²) in [5.74, 6) is 0.0752. The maximum absolute atomic E-state index is 11.8. The summed E-state index contributed by atoms with van der Waals surface area (Å²) in [4.78, 5) is 11.8. The second-order valence-electron chi connectivity index (χ2n) is 5.22. The number of carbonyl (C=O) groups is 1. The first-order valence-electron chi connectivity index (χ1n) is 7.35. The Labute approximate surface area is 132 Å². The van der Waals surface area contributed by atoms with Gasteiger partial charge in [-0.05, 0) is 13.8 Å². The maximum Gasteiger partial charge on any atom is 0.193 e. The van der Waals surface area contributed by atoms with Gasteiger partial charge in [-0.2, -0.15) is 0 Å². The van der Waals surface area contributed by atoms with E-state index in [2.05, 4.69) is 38.1 Å². The number of ketones is 1. The van der Waals surface area contributed by atoms with Crippen LogP contribution in [0.5, 0.6) is 0 Å². The molecule has 22 heavy (non-hydrogen) atoms. The molecule has 0 radical (unpaired) electrons. The molecule has 0 fully saturated rings. The molecule has 0 unspecified atom stereocenters. The van der Waals surface area contributed by atoms with Gasteiger partial charge in [0.05, 0.1) is 0 Å². The molecule has 0 aliphatic carbocycles. The molecule has 3 aromatic carbocycles. The van der Waals surface area contributed by atoms with E-state index in [-0.39, 0.29) is 5.78 Å². The van der Waals surface area contributed by atoms with E-state index in [1.807, 2.05) is 60.7 Å². The summed E-state index contributed by atoms with van der Waals surface area (Å²) in [6.45, 7) is 4.21. The average Bonchev–Trinajstić information content (AvgIpc) is 2.56. The fourth-order valence-corrected chi connectivity index (χ4v) is 2.15. The van der Waals surface area contributed by atoms with E-state index in [1.54, 1.807) is 0 Å². The van der Waals surface area contributed by atoms with Crippen molar-refractivity contribution in [2.45, 2.75) is 13.8 Å². The fraction of sp³-hybridized carbons (Fsp3) is 0.0952. The van der Waals surface area contributed by atoms with Crippen molar-refractivity contribution >= 4 is 5.78 Å². The van der Waals surface area contributed by atoms with Gasteiger partial charge in [-0.15, -0.1) is 0 Å². The highest BCUT2D eigenvalue weighted by Gasteiger charge is 2.06. The topological polar surface area (TPSA) is 17.1 Å². The van der Waals surface area contributed by atoms with Crippen LogP contribution in [0, 0.1) is 13.8 Å². The Kier molecular flexibility index (Phi) is 5.67. The molecule has 1 nitrogen and oxygen atoms in total. The lowest BCUT2D eigenvalue weighted by Gasteiger charge is -1.99. The SMILES string of the molecule is Cc1cccc(C)c1.O=C(c1ccccc1)c1ccccc1. The molecule has 3 aromatic rings. The van der Waals surface area contributed by atoms with E-state index in [0.717, 1.165) is 11.1 Å². The maximum atomic E-state index is 11.8.